The van der Waals surface area contributed by atoms with Crippen molar-refractivity contribution < 1.29 is 4.79 Å². The van der Waals surface area contributed by atoms with Gasteiger partial charge < -0.3 is 0 Å². The van der Waals surface area contributed by atoms with E-state index in [0.29, 0.717) is 10.5 Å². The number of fused-ring (bicyclic) bond motifs is 1. The summed E-state index contributed by atoms with van der Waals surface area (Å²) in [6.45, 7) is 2.09. The van der Waals surface area contributed by atoms with Crippen LogP contribution in [-0.2, 0) is 6.42 Å². The standard InChI is InChI=1S/C14H13Cl2NO/c1-2-3-6-10-12(15)9-7-4-5-8-11(9)17-13(10)14(16)18/h4-5,7-8H,2-3,6H2,1H3. The molecule has 2 rings (SSSR count). The van der Waals surface area contributed by atoms with Crippen LogP contribution in [0.1, 0.15) is 35.8 Å². The molecule has 0 aliphatic heterocycles. The van der Waals surface area contributed by atoms with Gasteiger partial charge in [-0.25, -0.2) is 4.98 Å². The van der Waals surface area contributed by atoms with Crippen LogP contribution in [0.15, 0.2) is 24.3 Å². The van der Waals surface area contributed by atoms with Crippen LogP contribution < -0.4 is 0 Å². The Morgan fingerprint density at radius 1 is 1.33 bits per heavy atom. The number of carbonyl (C=O) groups is 1. The van der Waals surface area contributed by atoms with Crippen molar-refractivity contribution in [3.63, 3.8) is 0 Å². The van der Waals surface area contributed by atoms with Crippen molar-refractivity contribution in [3.8, 4) is 0 Å². The van der Waals surface area contributed by atoms with Gasteiger partial charge in [0.25, 0.3) is 5.24 Å². The van der Waals surface area contributed by atoms with Crippen molar-refractivity contribution in [1.29, 1.82) is 0 Å². The number of aromatic nitrogens is 1. The van der Waals surface area contributed by atoms with Crippen molar-refractivity contribution in [1.82, 2.24) is 4.98 Å². The highest BCUT2D eigenvalue weighted by atomic mass is 35.5. The first-order valence-corrected chi connectivity index (χ1v) is 6.67. The summed E-state index contributed by atoms with van der Waals surface area (Å²) in [7, 11) is 0. The van der Waals surface area contributed by atoms with Gasteiger partial charge >= 0.3 is 0 Å². The first-order valence-electron chi connectivity index (χ1n) is 5.92. The van der Waals surface area contributed by atoms with Crippen molar-refractivity contribution in [2.24, 2.45) is 0 Å². The van der Waals surface area contributed by atoms with Crippen LogP contribution in [0, 0.1) is 0 Å². The number of rotatable bonds is 4. The molecular formula is C14H13Cl2NO. The summed E-state index contributed by atoms with van der Waals surface area (Å²) < 4.78 is 0. The minimum atomic E-state index is -0.547. The molecule has 0 atom stereocenters. The van der Waals surface area contributed by atoms with Crippen LogP contribution in [-0.4, -0.2) is 10.2 Å². The Hall–Kier alpha value is -1.12. The van der Waals surface area contributed by atoms with Crippen molar-refractivity contribution in [2.75, 3.05) is 0 Å². The van der Waals surface area contributed by atoms with Gasteiger partial charge in [0.05, 0.1) is 10.5 Å². The van der Waals surface area contributed by atoms with Crippen LogP contribution in [0.5, 0.6) is 0 Å². The molecule has 0 unspecified atom stereocenters. The van der Waals surface area contributed by atoms with Crippen LogP contribution in [0.3, 0.4) is 0 Å². The fourth-order valence-corrected chi connectivity index (χ4v) is 2.46. The minimum Gasteiger partial charge on any atom is -0.274 e. The van der Waals surface area contributed by atoms with Crippen LogP contribution in [0.2, 0.25) is 5.02 Å². The van der Waals surface area contributed by atoms with Crippen molar-refractivity contribution >= 4 is 39.3 Å². The summed E-state index contributed by atoms with van der Waals surface area (Å²) in [5.41, 5.74) is 1.75. The average molecular weight is 282 g/mol. The number of benzene rings is 1. The summed E-state index contributed by atoms with van der Waals surface area (Å²) in [5, 5.41) is 0.916. The Morgan fingerprint density at radius 3 is 2.72 bits per heavy atom. The van der Waals surface area contributed by atoms with Gasteiger partial charge in [-0.15, -0.1) is 0 Å². The van der Waals surface area contributed by atoms with E-state index in [1.54, 1.807) is 0 Å². The number of unbranched alkanes of at least 4 members (excludes halogenated alkanes) is 1. The van der Waals surface area contributed by atoms with Crippen LogP contribution in [0.4, 0.5) is 0 Å². The highest BCUT2D eigenvalue weighted by molar-refractivity contribution is 6.67. The lowest BCUT2D eigenvalue weighted by atomic mass is 10.0. The predicted octanol–water partition coefficient (Wildman–Crippen LogP) is 4.61. The topological polar surface area (TPSA) is 30.0 Å². The van der Waals surface area contributed by atoms with Gasteiger partial charge in [0, 0.05) is 10.9 Å². The molecule has 0 N–H and O–H groups in total. The van der Waals surface area contributed by atoms with Crippen LogP contribution in [0.25, 0.3) is 10.9 Å². The van der Waals surface area contributed by atoms with E-state index in [4.69, 9.17) is 23.2 Å². The highest BCUT2D eigenvalue weighted by Crippen LogP contribution is 2.30. The molecular weight excluding hydrogens is 269 g/mol. The zero-order valence-electron chi connectivity index (χ0n) is 10.0. The summed E-state index contributed by atoms with van der Waals surface area (Å²) in [6.07, 6.45) is 2.71. The third kappa shape index (κ3) is 2.50. The molecule has 2 nitrogen and oxygen atoms in total. The molecule has 1 aromatic carbocycles. The quantitative estimate of drug-likeness (QED) is 0.766. The number of para-hydroxylation sites is 1. The van der Waals surface area contributed by atoms with Gasteiger partial charge in [0.15, 0.2) is 0 Å². The summed E-state index contributed by atoms with van der Waals surface area (Å²) in [6, 6.07) is 7.50. The zero-order valence-corrected chi connectivity index (χ0v) is 11.6. The van der Waals surface area contributed by atoms with Gasteiger partial charge in [0.1, 0.15) is 5.69 Å². The maximum Gasteiger partial charge on any atom is 0.271 e. The fourth-order valence-electron chi connectivity index (χ4n) is 1.96. The molecule has 0 aliphatic rings. The number of nitrogens with zero attached hydrogens (tertiary/aromatic N) is 1. The number of pyridine rings is 1. The van der Waals surface area contributed by atoms with E-state index in [-0.39, 0.29) is 5.69 Å². The highest BCUT2D eigenvalue weighted by Gasteiger charge is 2.17. The Morgan fingerprint density at radius 2 is 2.06 bits per heavy atom. The molecule has 0 spiro atoms. The summed E-state index contributed by atoms with van der Waals surface area (Å²) in [5.74, 6) is 0. The molecule has 1 aromatic heterocycles. The third-order valence-electron chi connectivity index (χ3n) is 2.89. The lowest BCUT2D eigenvalue weighted by Crippen LogP contribution is -2.03. The van der Waals surface area contributed by atoms with E-state index in [2.05, 4.69) is 11.9 Å². The first-order chi connectivity index (χ1) is 8.65. The molecule has 4 heteroatoms. The second kappa shape index (κ2) is 5.68. The van der Waals surface area contributed by atoms with Gasteiger partial charge in [0.2, 0.25) is 0 Å². The van der Waals surface area contributed by atoms with E-state index in [1.165, 1.54) is 0 Å². The molecule has 2 aromatic rings. The van der Waals surface area contributed by atoms with E-state index >= 15 is 0 Å². The fraction of sp³-hybridized carbons (Fsp3) is 0.286. The van der Waals surface area contributed by atoms with Gasteiger partial charge in [-0.05, 0) is 30.5 Å². The number of halogens is 2. The molecule has 0 radical (unpaired) electrons. The molecule has 0 bridgehead atoms. The van der Waals surface area contributed by atoms with E-state index in [9.17, 15) is 4.79 Å². The lowest BCUT2D eigenvalue weighted by Gasteiger charge is -2.10. The van der Waals surface area contributed by atoms with Gasteiger partial charge in [-0.2, -0.15) is 0 Å². The maximum absolute atomic E-state index is 11.5. The SMILES string of the molecule is CCCCc1c(C(=O)Cl)nc2ccccc2c1Cl. The second-order valence-corrected chi connectivity index (χ2v) is 4.87. The zero-order chi connectivity index (χ0) is 13.1. The Labute approximate surface area is 116 Å². The normalized spacial score (nSPS) is 10.8. The number of hydrogen-bond acceptors (Lipinski definition) is 2. The molecule has 1 heterocycles. The molecule has 94 valence electrons. The smallest absolute Gasteiger partial charge is 0.271 e. The second-order valence-electron chi connectivity index (χ2n) is 4.15. The third-order valence-corrected chi connectivity index (χ3v) is 3.50. The van der Waals surface area contributed by atoms with E-state index in [1.807, 2.05) is 24.3 Å². The monoisotopic (exact) mass is 281 g/mol. The maximum atomic E-state index is 11.5. The van der Waals surface area contributed by atoms with Crippen molar-refractivity contribution in [2.45, 2.75) is 26.2 Å². The summed E-state index contributed by atoms with van der Waals surface area (Å²) in [4.78, 5) is 15.8. The largest absolute Gasteiger partial charge is 0.274 e. The van der Waals surface area contributed by atoms with Gasteiger partial charge in [-0.1, -0.05) is 43.1 Å². The average Bonchev–Trinajstić information content (AvgIpc) is 2.37. The first kappa shape index (κ1) is 13.3. The molecule has 0 saturated heterocycles. The predicted molar refractivity (Wildman–Crippen MR) is 75.5 cm³/mol. The van der Waals surface area contributed by atoms with E-state index < -0.39 is 5.24 Å². The Bertz CT molecular complexity index is 596. The number of carbonyl (C=O) groups excluding carboxylic acids is 1. The molecule has 0 aliphatic carbocycles. The van der Waals surface area contributed by atoms with Crippen LogP contribution >= 0.6 is 23.2 Å². The lowest BCUT2D eigenvalue weighted by molar-refractivity contribution is 0.107. The molecule has 18 heavy (non-hydrogen) atoms. The Balaban J connectivity index is 2.67. The molecule has 0 amide bonds. The summed E-state index contributed by atoms with van der Waals surface area (Å²) >= 11 is 12.0. The molecule has 0 fully saturated rings. The molecule has 0 saturated carbocycles. The van der Waals surface area contributed by atoms with Crippen molar-refractivity contribution in [3.05, 3.63) is 40.5 Å². The minimum absolute atomic E-state index is 0.286. The van der Waals surface area contributed by atoms with E-state index in [0.717, 1.165) is 30.2 Å². The Kier molecular flexibility index (Phi) is 4.20. The number of hydrogen-bond donors (Lipinski definition) is 0. The van der Waals surface area contributed by atoms with Gasteiger partial charge in [-0.3, -0.25) is 4.79 Å².